The lowest BCUT2D eigenvalue weighted by atomic mass is 9.99. The number of anilines is 1. The third-order valence-corrected chi connectivity index (χ3v) is 7.41. The van der Waals surface area contributed by atoms with Gasteiger partial charge in [-0.2, -0.15) is 0 Å². The summed E-state index contributed by atoms with van der Waals surface area (Å²) in [4.78, 5) is 65.4. The molecule has 0 spiro atoms. The maximum absolute atomic E-state index is 13.5. The van der Waals surface area contributed by atoms with E-state index in [-0.39, 0.29) is 25.5 Å². The van der Waals surface area contributed by atoms with Crippen molar-refractivity contribution in [2.45, 2.75) is 71.7 Å². The maximum Gasteiger partial charge on any atom is 0.408 e. The number of Topliss-reactive ketones (excluding diaryl/α,β-unsaturated/α-hetero) is 1. The van der Waals surface area contributed by atoms with Crippen molar-refractivity contribution in [1.29, 1.82) is 0 Å². The van der Waals surface area contributed by atoms with Crippen molar-refractivity contribution in [2.24, 2.45) is 5.92 Å². The minimum Gasteiger partial charge on any atom is -0.445 e. The standard InChI is InChI=1S/C34H42N8O5/c1-22(2)19-27(41-34(46)47-20-25-13-8-5-9-14-25)32(44)40-26(16-15-24-11-6-4-7-12-24)29(43)33(45)36-17-10-18-42-21-37-28-30(35)38-23(3)39-31(28)42/h4-9,11-14,21-22,26-27H,10,15-20H2,1-3H3,(H,36,45)(H,40,44)(H,41,46)(H2,35,38,39)/t26?,27-/m0/s1. The summed E-state index contributed by atoms with van der Waals surface area (Å²) >= 11 is 0. The number of carbonyl (C=O) groups is 4. The van der Waals surface area contributed by atoms with Crippen LogP contribution in [0.15, 0.2) is 67.0 Å². The van der Waals surface area contributed by atoms with Gasteiger partial charge in [0, 0.05) is 13.1 Å². The lowest BCUT2D eigenvalue weighted by Gasteiger charge is -2.23. The summed E-state index contributed by atoms with van der Waals surface area (Å²) in [6.07, 6.45) is 2.28. The number of rotatable bonds is 16. The Morgan fingerprint density at radius 1 is 0.915 bits per heavy atom. The van der Waals surface area contributed by atoms with E-state index in [1.54, 1.807) is 13.3 Å². The number of nitrogens with zero attached hydrogens (tertiary/aromatic N) is 4. The van der Waals surface area contributed by atoms with Crippen LogP contribution in [-0.2, 0) is 38.7 Å². The zero-order valence-electron chi connectivity index (χ0n) is 26.9. The molecule has 4 aromatic rings. The first-order valence-corrected chi connectivity index (χ1v) is 15.7. The second-order valence-electron chi connectivity index (χ2n) is 11.7. The highest BCUT2D eigenvalue weighted by atomic mass is 16.5. The Kier molecular flexibility index (Phi) is 12.4. The minimum atomic E-state index is -1.11. The van der Waals surface area contributed by atoms with E-state index in [4.69, 9.17) is 10.5 Å². The largest absolute Gasteiger partial charge is 0.445 e. The van der Waals surface area contributed by atoms with E-state index >= 15 is 0 Å². The molecule has 0 radical (unpaired) electrons. The third-order valence-electron chi connectivity index (χ3n) is 7.41. The van der Waals surface area contributed by atoms with E-state index in [0.717, 1.165) is 11.1 Å². The molecule has 4 rings (SSSR count). The molecule has 13 heteroatoms. The first-order chi connectivity index (χ1) is 22.6. The van der Waals surface area contributed by atoms with Crippen molar-refractivity contribution < 1.29 is 23.9 Å². The lowest BCUT2D eigenvalue weighted by molar-refractivity contribution is -0.140. The first-order valence-electron chi connectivity index (χ1n) is 15.7. The van der Waals surface area contributed by atoms with Crippen LogP contribution in [-0.4, -0.2) is 61.8 Å². The highest BCUT2D eigenvalue weighted by molar-refractivity contribution is 6.38. The first kappa shape index (κ1) is 34.5. The molecule has 2 atom stereocenters. The molecule has 1 unspecified atom stereocenters. The fraction of sp³-hybridized carbons (Fsp3) is 0.382. The number of nitrogens with two attached hydrogens (primary N) is 1. The summed E-state index contributed by atoms with van der Waals surface area (Å²) < 4.78 is 7.13. The zero-order valence-corrected chi connectivity index (χ0v) is 26.9. The number of aryl methyl sites for hydroxylation is 3. The van der Waals surface area contributed by atoms with Crippen LogP contribution in [0.2, 0.25) is 0 Å². The van der Waals surface area contributed by atoms with Crippen LogP contribution in [0, 0.1) is 12.8 Å². The van der Waals surface area contributed by atoms with Gasteiger partial charge in [0.1, 0.15) is 24.0 Å². The Bertz CT molecular complexity index is 1660. The SMILES string of the molecule is Cc1nc(N)c2ncn(CCCNC(=O)C(=O)C(CCc3ccccc3)NC(=O)[C@H](CC(C)C)NC(=O)OCc3ccccc3)c2n1. The number of ketones is 1. The quantitative estimate of drug-likeness (QED) is 0.105. The van der Waals surface area contributed by atoms with Gasteiger partial charge in [-0.25, -0.2) is 19.7 Å². The highest BCUT2D eigenvalue weighted by Gasteiger charge is 2.30. The number of amides is 3. The monoisotopic (exact) mass is 642 g/mol. The van der Waals surface area contributed by atoms with E-state index in [2.05, 4.69) is 30.9 Å². The summed E-state index contributed by atoms with van der Waals surface area (Å²) in [5.74, 6) is -1.29. The Hall–Kier alpha value is -5.33. The predicted octanol–water partition coefficient (Wildman–Crippen LogP) is 3.25. The number of aromatic nitrogens is 4. The summed E-state index contributed by atoms with van der Waals surface area (Å²) in [5.41, 5.74) is 8.79. The molecule has 0 aliphatic heterocycles. The molecule has 13 nitrogen and oxygen atoms in total. The molecule has 2 heterocycles. The van der Waals surface area contributed by atoms with Gasteiger partial charge in [-0.1, -0.05) is 74.5 Å². The predicted molar refractivity (Wildman–Crippen MR) is 177 cm³/mol. The van der Waals surface area contributed by atoms with Crippen LogP contribution in [0.25, 0.3) is 11.2 Å². The van der Waals surface area contributed by atoms with E-state index in [1.807, 2.05) is 79.1 Å². The molecule has 5 N–H and O–H groups in total. The Morgan fingerprint density at radius 3 is 2.28 bits per heavy atom. The molecule has 0 bridgehead atoms. The number of hydrogen-bond acceptors (Lipinski definition) is 9. The molecular formula is C34H42N8O5. The number of carbonyl (C=O) groups excluding carboxylic acids is 4. The van der Waals surface area contributed by atoms with Gasteiger partial charge in [-0.3, -0.25) is 14.4 Å². The molecular weight excluding hydrogens is 600 g/mol. The molecule has 0 saturated heterocycles. The van der Waals surface area contributed by atoms with Crippen LogP contribution in [0.4, 0.5) is 10.6 Å². The van der Waals surface area contributed by atoms with Crippen molar-refractivity contribution in [2.75, 3.05) is 12.3 Å². The van der Waals surface area contributed by atoms with Crippen LogP contribution < -0.4 is 21.7 Å². The third kappa shape index (κ3) is 10.3. The van der Waals surface area contributed by atoms with Crippen LogP contribution in [0.1, 0.15) is 50.1 Å². The summed E-state index contributed by atoms with van der Waals surface area (Å²) in [5, 5.41) is 8.04. The Morgan fingerprint density at radius 2 is 1.60 bits per heavy atom. The topological polar surface area (TPSA) is 183 Å². The molecule has 2 aromatic heterocycles. The second-order valence-corrected chi connectivity index (χ2v) is 11.7. The van der Waals surface area contributed by atoms with Crippen molar-refractivity contribution in [3.8, 4) is 0 Å². The lowest BCUT2D eigenvalue weighted by Crippen LogP contribution is -2.54. The Labute approximate surface area is 273 Å². The number of hydrogen-bond donors (Lipinski definition) is 4. The number of benzene rings is 2. The fourth-order valence-electron chi connectivity index (χ4n) is 5.05. The summed E-state index contributed by atoms with van der Waals surface area (Å²) in [7, 11) is 0. The fourth-order valence-corrected chi connectivity index (χ4v) is 5.05. The average Bonchev–Trinajstić information content (AvgIpc) is 3.46. The normalized spacial score (nSPS) is 12.3. The molecule has 0 aliphatic rings. The molecule has 0 saturated carbocycles. The summed E-state index contributed by atoms with van der Waals surface area (Å²) in [6.45, 7) is 6.28. The van der Waals surface area contributed by atoms with Crippen LogP contribution >= 0.6 is 0 Å². The van der Waals surface area contributed by atoms with Crippen molar-refractivity contribution in [1.82, 2.24) is 35.5 Å². The van der Waals surface area contributed by atoms with Gasteiger partial charge in [-0.05, 0) is 49.7 Å². The molecule has 47 heavy (non-hydrogen) atoms. The van der Waals surface area contributed by atoms with E-state index in [9.17, 15) is 19.2 Å². The van der Waals surface area contributed by atoms with Crippen molar-refractivity contribution >= 4 is 40.7 Å². The zero-order chi connectivity index (χ0) is 33.8. The van der Waals surface area contributed by atoms with Gasteiger partial charge < -0.3 is 31.0 Å². The van der Waals surface area contributed by atoms with Gasteiger partial charge in [0.15, 0.2) is 11.5 Å². The number of imidazole rings is 1. The van der Waals surface area contributed by atoms with Gasteiger partial charge in [0.2, 0.25) is 11.7 Å². The molecule has 248 valence electrons. The maximum atomic E-state index is 13.5. The van der Waals surface area contributed by atoms with Crippen LogP contribution in [0.5, 0.6) is 0 Å². The molecule has 0 aliphatic carbocycles. The number of ether oxygens (including phenoxy) is 1. The van der Waals surface area contributed by atoms with Gasteiger partial charge in [0.25, 0.3) is 5.91 Å². The van der Waals surface area contributed by atoms with Gasteiger partial charge >= 0.3 is 6.09 Å². The number of fused-ring (bicyclic) bond motifs is 1. The number of nitrogens with one attached hydrogen (secondary N) is 3. The second kappa shape index (κ2) is 16.8. The molecule has 2 aromatic carbocycles. The van der Waals surface area contributed by atoms with Crippen LogP contribution in [0.3, 0.4) is 0 Å². The van der Waals surface area contributed by atoms with E-state index in [0.29, 0.717) is 48.6 Å². The number of alkyl carbamates (subject to hydrolysis) is 1. The van der Waals surface area contributed by atoms with Gasteiger partial charge in [0.05, 0.1) is 12.4 Å². The minimum absolute atomic E-state index is 0.0412. The summed E-state index contributed by atoms with van der Waals surface area (Å²) in [6, 6.07) is 16.6. The molecule has 3 amide bonds. The molecule has 0 fully saturated rings. The van der Waals surface area contributed by atoms with Crippen molar-refractivity contribution in [3.05, 3.63) is 83.9 Å². The van der Waals surface area contributed by atoms with Gasteiger partial charge in [-0.15, -0.1) is 0 Å². The number of nitrogen functional groups attached to an aromatic ring is 1. The van der Waals surface area contributed by atoms with E-state index < -0.39 is 35.8 Å². The van der Waals surface area contributed by atoms with E-state index in [1.165, 1.54) is 0 Å². The Balaban J connectivity index is 1.37. The smallest absolute Gasteiger partial charge is 0.408 e. The van der Waals surface area contributed by atoms with Crippen molar-refractivity contribution in [3.63, 3.8) is 0 Å². The highest BCUT2D eigenvalue weighted by Crippen LogP contribution is 2.16. The average molecular weight is 643 g/mol.